The average Bonchev–Trinajstić information content (AvgIpc) is 2.82. The Bertz CT molecular complexity index is 1430. The van der Waals surface area contributed by atoms with Crippen molar-refractivity contribution >= 4 is 49.0 Å². The Morgan fingerprint density at radius 1 is 1.19 bits per heavy atom. The molecule has 14 heteroatoms. The van der Waals surface area contributed by atoms with Crippen LogP contribution >= 0.6 is 23.2 Å². The smallest absolute Gasteiger partial charge is 0.258 e. The normalized spacial score (nSPS) is 17.5. The lowest BCUT2D eigenvalue weighted by Gasteiger charge is -2.35. The van der Waals surface area contributed by atoms with Gasteiger partial charge in [-0.25, -0.2) is 26.2 Å². The number of hydrogen-bond acceptors (Lipinski definition) is 7. The molecule has 0 spiro atoms. The van der Waals surface area contributed by atoms with E-state index in [4.69, 9.17) is 27.9 Å². The third-order valence-corrected chi connectivity index (χ3v) is 8.92. The summed E-state index contributed by atoms with van der Waals surface area (Å²) >= 11 is 12.4. The molecule has 0 radical (unpaired) electrons. The molecule has 3 rings (SSSR count). The molecule has 0 aliphatic carbocycles. The Hall–Kier alpha value is -2.25. The number of benzene rings is 1. The van der Waals surface area contributed by atoms with Crippen molar-refractivity contribution in [2.45, 2.75) is 36.4 Å². The summed E-state index contributed by atoms with van der Waals surface area (Å²) in [6.45, 7) is 0.961. The van der Waals surface area contributed by atoms with Crippen LogP contribution in [0.3, 0.4) is 0 Å². The highest BCUT2D eigenvalue weighted by Crippen LogP contribution is 2.38. The Morgan fingerprint density at radius 2 is 1.84 bits per heavy atom. The number of nitrogens with one attached hydrogen (secondary N) is 1. The Morgan fingerprint density at radius 3 is 2.43 bits per heavy atom. The number of piperidine rings is 1. The molecule has 2 aromatic rings. The zero-order valence-electron chi connectivity index (χ0n) is 20.2. The maximum Gasteiger partial charge on any atom is 0.258 e. The predicted molar refractivity (Wildman–Crippen MR) is 140 cm³/mol. The summed E-state index contributed by atoms with van der Waals surface area (Å²) in [6.07, 6.45) is 2.56. The second-order valence-corrected chi connectivity index (χ2v) is 13.3. The van der Waals surface area contributed by atoms with Crippen LogP contribution in [0.1, 0.15) is 19.8 Å². The minimum Gasteiger partial charge on any atom is -0.497 e. The van der Waals surface area contributed by atoms with E-state index in [1.807, 2.05) is 0 Å². The number of sulfone groups is 1. The van der Waals surface area contributed by atoms with Crippen LogP contribution in [0.4, 0.5) is 4.39 Å². The van der Waals surface area contributed by atoms with E-state index in [0.29, 0.717) is 11.3 Å². The molecule has 1 N–H and O–H groups in total. The van der Waals surface area contributed by atoms with Crippen LogP contribution in [0.2, 0.25) is 10.2 Å². The number of hydrogen-bond donors (Lipinski definition) is 1. The number of rotatable bonds is 8. The number of halogens is 3. The van der Waals surface area contributed by atoms with Gasteiger partial charge in [0.25, 0.3) is 5.91 Å². The van der Waals surface area contributed by atoms with Crippen molar-refractivity contribution in [3.63, 3.8) is 0 Å². The number of aromatic nitrogens is 1. The molecule has 9 nitrogen and oxygen atoms in total. The number of carbonyl (C=O) groups excluding carboxylic acids is 1. The molecule has 1 saturated heterocycles. The zero-order chi connectivity index (χ0) is 27.6. The third-order valence-electron chi connectivity index (χ3n) is 5.81. The fourth-order valence-electron chi connectivity index (χ4n) is 3.76. The van der Waals surface area contributed by atoms with Crippen LogP contribution in [0.15, 0.2) is 46.8 Å². The summed E-state index contributed by atoms with van der Waals surface area (Å²) in [5, 5.41) is 3.65. The Labute approximate surface area is 225 Å². The van der Waals surface area contributed by atoms with Gasteiger partial charge in [-0.05, 0) is 31.2 Å². The van der Waals surface area contributed by atoms with Crippen molar-refractivity contribution in [2.75, 3.05) is 26.5 Å². The lowest BCUT2D eigenvalue weighted by Crippen LogP contribution is -2.53. The first-order valence-electron chi connectivity index (χ1n) is 11.0. The number of carbonyl (C=O) groups is 1. The van der Waals surface area contributed by atoms with Crippen LogP contribution < -0.4 is 10.1 Å². The number of amides is 1. The molecule has 1 aliphatic heterocycles. The largest absolute Gasteiger partial charge is 0.497 e. The summed E-state index contributed by atoms with van der Waals surface area (Å²) in [5.74, 6) is -0.491. The minimum absolute atomic E-state index is 0.0463. The van der Waals surface area contributed by atoms with Gasteiger partial charge in [0.05, 0.1) is 7.11 Å². The standard InChI is InChI=1S/C23H26Cl2FN3O6S2/c1-15(6-11-36(3,31)32)28-22(30)23(26)7-9-29(10-8-23)37(33,34)20-14-27-21(25)13-18(20)17-12-16(35-2)4-5-19(17)24/h4-6,11-15H,7-10H2,1-3H3,(H,28,30)/b11-6-. The van der Waals surface area contributed by atoms with Gasteiger partial charge in [0.2, 0.25) is 10.0 Å². The highest BCUT2D eigenvalue weighted by Gasteiger charge is 2.45. The number of sulfonamides is 1. The van der Waals surface area contributed by atoms with Crippen molar-refractivity contribution in [1.29, 1.82) is 0 Å². The van der Waals surface area contributed by atoms with E-state index < -0.39 is 50.3 Å². The quantitative estimate of drug-likeness (QED) is 0.464. The molecular weight excluding hydrogens is 568 g/mol. The van der Waals surface area contributed by atoms with Crippen LogP contribution in [0.5, 0.6) is 5.75 Å². The van der Waals surface area contributed by atoms with E-state index in [1.54, 1.807) is 18.2 Å². The van der Waals surface area contributed by atoms with Crippen molar-refractivity contribution in [2.24, 2.45) is 0 Å². The molecular formula is C23H26Cl2FN3O6S2. The maximum atomic E-state index is 15.5. The second-order valence-electron chi connectivity index (χ2n) is 8.64. The number of alkyl halides is 1. The number of ether oxygens (including phenoxy) is 1. The van der Waals surface area contributed by atoms with Crippen molar-refractivity contribution in [3.8, 4) is 16.9 Å². The predicted octanol–water partition coefficient (Wildman–Crippen LogP) is 3.62. The molecule has 0 bridgehead atoms. The first-order valence-corrected chi connectivity index (χ1v) is 15.2. The van der Waals surface area contributed by atoms with Crippen molar-refractivity contribution < 1.29 is 30.8 Å². The van der Waals surface area contributed by atoms with Gasteiger partial charge >= 0.3 is 0 Å². The van der Waals surface area contributed by atoms with Gasteiger partial charge in [-0.2, -0.15) is 4.31 Å². The van der Waals surface area contributed by atoms with Gasteiger partial charge in [0, 0.05) is 66.0 Å². The number of methoxy groups -OCH3 is 1. The fourth-order valence-corrected chi connectivity index (χ4v) is 6.24. The SMILES string of the molecule is COc1ccc(Cl)c(-c2cc(Cl)ncc2S(=O)(=O)N2CCC(F)(C(=O)NC(C)/C=C\S(C)(=O)=O)CC2)c1. The molecule has 1 atom stereocenters. The van der Waals surface area contributed by atoms with Crippen LogP contribution in [0.25, 0.3) is 11.1 Å². The Kier molecular flexibility index (Phi) is 8.90. The van der Waals surface area contributed by atoms with Crippen molar-refractivity contribution in [3.05, 3.63) is 52.1 Å². The molecule has 202 valence electrons. The van der Waals surface area contributed by atoms with E-state index in [1.165, 1.54) is 26.2 Å². The van der Waals surface area contributed by atoms with E-state index in [2.05, 4.69) is 10.3 Å². The van der Waals surface area contributed by atoms with Gasteiger partial charge in [-0.15, -0.1) is 0 Å². The lowest BCUT2D eigenvalue weighted by atomic mass is 9.93. The first kappa shape index (κ1) is 29.3. The van der Waals surface area contributed by atoms with Crippen molar-refractivity contribution in [1.82, 2.24) is 14.6 Å². The van der Waals surface area contributed by atoms with Gasteiger partial charge in [-0.1, -0.05) is 29.3 Å². The molecule has 1 fully saturated rings. The highest BCUT2D eigenvalue weighted by atomic mass is 35.5. The monoisotopic (exact) mass is 593 g/mol. The molecule has 1 unspecified atom stereocenters. The van der Waals surface area contributed by atoms with Gasteiger partial charge in [0.1, 0.15) is 15.8 Å². The molecule has 1 aromatic carbocycles. The molecule has 37 heavy (non-hydrogen) atoms. The lowest BCUT2D eigenvalue weighted by molar-refractivity contribution is -0.135. The Balaban J connectivity index is 1.83. The summed E-state index contributed by atoms with van der Waals surface area (Å²) in [4.78, 5) is 16.3. The van der Waals surface area contributed by atoms with E-state index in [0.717, 1.165) is 22.2 Å². The van der Waals surface area contributed by atoms with E-state index in [-0.39, 0.29) is 33.7 Å². The number of pyridine rings is 1. The average molecular weight is 595 g/mol. The summed E-state index contributed by atoms with van der Waals surface area (Å²) in [5.41, 5.74) is -1.77. The number of nitrogens with zero attached hydrogens (tertiary/aromatic N) is 2. The van der Waals surface area contributed by atoms with E-state index in [9.17, 15) is 21.6 Å². The summed E-state index contributed by atoms with van der Waals surface area (Å²) in [7, 11) is -6.13. The van der Waals surface area contributed by atoms with Crippen LogP contribution in [-0.2, 0) is 24.7 Å². The van der Waals surface area contributed by atoms with Gasteiger partial charge in [0.15, 0.2) is 15.5 Å². The fraction of sp³-hybridized carbons (Fsp3) is 0.391. The molecule has 1 aliphatic rings. The second kappa shape index (κ2) is 11.2. The van der Waals surface area contributed by atoms with Crippen LogP contribution in [0, 0.1) is 0 Å². The van der Waals surface area contributed by atoms with Crippen LogP contribution in [-0.4, -0.2) is 70.2 Å². The van der Waals surface area contributed by atoms with Gasteiger partial charge < -0.3 is 10.1 Å². The third kappa shape index (κ3) is 6.99. The molecule has 1 aromatic heterocycles. The maximum absolute atomic E-state index is 15.5. The molecule has 1 amide bonds. The topological polar surface area (TPSA) is 123 Å². The zero-order valence-corrected chi connectivity index (χ0v) is 23.4. The summed E-state index contributed by atoms with van der Waals surface area (Å²) < 4.78 is 71.4. The molecule has 0 saturated carbocycles. The molecule has 2 heterocycles. The summed E-state index contributed by atoms with van der Waals surface area (Å²) in [6, 6.07) is 5.38. The minimum atomic E-state index is -4.18. The first-order chi connectivity index (χ1) is 17.2. The van der Waals surface area contributed by atoms with E-state index >= 15 is 4.39 Å². The van der Waals surface area contributed by atoms with Gasteiger partial charge in [-0.3, -0.25) is 4.79 Å². The highest BCUT2D eigenvalue weighted by molar-refractivity contribution is 7.93.